The highest BCUT2D eigenvalue weighted by molar-refractivity contribution is 8.00. The summed E-state index contributed by atoms with van der Waals surface area (Å²) in [6.45, 7) is 1.98. The van der Waals surface area contributed by atoms with Crippen LogP contribution >= 0.6 is 11.8 Å². The molecule has 2 atom stereocenters. The predicted octanol–water partition coefficient (Wildman–Crippen LogP) is 4.06. The van der Waals surface area contributed by atoms with Crippen molar-refractivity contribution in [2.75, 3.05) is 5.75 Å². The molecule has 0 radical (unpaired) electrons. The van der Waals surface area contributed by atoms with Crippen molar-refractivity contribution in [1.29, 1.82) is 0 Å². The maximum absolute atomic E-state index is 12.6. The number of carbonyl (C=O) groups excluding carboxylic acids is 2. The Labute approximate surface area is 164 Å². The molecule has 0 spiro atoms. The second kappa shape index (κ2) is 8.26. The fourth-order valence-corrected chi connectivity index (χ4v) is 3.51. The highest BCUT2D eigenvalue weighted by atomic mass is 32.2. The van der Waals surface area contributed by atoms with Crippen molar-refractivity contribution in [3.8, 4) is 0 Å². The zero-order valence-corrected chi connectivity index (χ0v) is 15.9. The van der Waals surface area contributed by atoms with Gasteiger partial charge in [-0.15, -0.1) is 11.8 Å². The van der Waals surface area contributed by atoms with E-state index in [0.29, 0.717) is 12.0 Å². The number of alkyl halides is 3. The van der Waals surface area contributed by atoms with Gasteiger partial charge in [-0.1, -0.05) is 29.8 Å². The maximum atomic E-state index is 12.6. The number of halogens is 3. The van der Waals surface area contributed by atoms with Crippen molar-refractivity contribution in [1.82, 2.24) is 10.9 Å². The molecule has 0 aromatic heterocycles. The summed E-state index contributed by atoms with van der Waals surface area (Å²) >= 11 is 1.36. The molecule has 2 N–H and O–H groups in total. The van der Waals surface area contributed by atoms with Gasteiger partial charge >= 0.3 is 6.18 Å². The second-order valence-electron chi connectivity index (χ2n) is 6.71. The summed E-state index contributed by atoms with van der Waals surface area (Å²) in [5.41, 5.74) is 5.88. The van der Waals surface area contributed by atoms with Crippen molar-refractivity contribution in [2.45, 2.75) is 30.3 Å². The van der Waals surface area contributed by atoms with E-state index in [1.165, 1.54) is 23.9 Å². The first-order chi connectivity index (χ1) is 13.2. The summed E-state index contributed by atoms with van der Waals surface area (Å²) < 4.78 is 37.8. The van der Waals surface area contributed by atoms with E-state index < -0.39 is 11.7 Å². The van der Waals surface area contributed by atoms with E-state index in [1.54, 1.807) is 0 Å². The Morgan fingerprint density at radius 3 is 2.29 bits per heavy atom. The number of thioether (sulfide) groups is 1. The highest BCUT2D eigenvalue weighted by Gasteiger charge is 2.44. The van der Waals surface area contributed by atoms with Crippen LogP contribution in [0.25, 0.3) is 0 Å². The number of nitrogens with one attached hydrogen (secondary N) is 2. The molecule has 28 heavy (non-hydrogen) atoms. The van der Waals surface area contributed by atoms with Crippen LogP contribution in [0, 0.1) is 12.8 Å². The first kappa shape index (κ1) is 20.3. The minimum absolute atomic E-state index is 0.124. The third-order valence-corrected chi connectivity index (χ3v) is 5.52. The van der Waals surface area contributed by atoms with Crippen molar-refractivity contribution in [3.63, 3.8) is 0 Å². The van der Waals surface area contributed by atoms with E-state index >= 15 is 0 Å². The van der Waals surface area contributed by atoms with Gasteiger partial charge in [0.15, 0.2) is 0 Å². The predicted molar refractivity (Wildman–Crippen MR) is 100 cm³/mol. The van der Waals surface area contributed by atoms with E-state index in [4.69, 9.17) is 0 Å². The summed E-state index contributed by atoms with van der Waals surface area (Å²) in [5.74, 6) is -0.969. The van der Waals surface area contributed by atoms with Gasteiger partial charge in [0.05, 0.1) is 11.3 Å². The molecule has 2 aromatic rings. The van der Waals surface area contributed by atoms with Crippen LogP contribution in [0.1, 0.15) is 29.0 Å². The summed E-state index contributed by atoms with van der Waals surface area (Å²) in [5, 5.41) is 0. The molecule has 2 unspecified atom stereocenters. The Kier molecular flexibility index (Phi) is 5.98. The highest BCUT2D eigenvalue weighted by Crippen LogP contribution is 2.47. The van der Waals surface area contributed by atoms with E-state index in [2.05, 4.69) is 10.9 Å². The number of benzene rings is 2. The van der Waals surface area contributed by atoms with Crippen molar-refractivity contribution in [2.24, 2.45) is 5.92 Å². The van der Waals surface area contributed by atoms with Crippen LogP contribution in [0.4, 0.5) is 13.2 Å². The zero-order chi connectivity index (χ0) is 20.3. The number of hydrazine groups is 1. The van der Waals surface area contributed by atoms with Gasteiger partial charge in [-0.2, -0.15) is 13.2 Å². The van der Waals surface area contributed by atoms with Crippen molar-refractivity contribution >= 4 is 23.6 Å². The number of hydrogen-bond acceptors (Lipinski definition) is 3. The normalized spacial score (nSPS) is 18.4. The third-order valence-electron chi connectivity index (χ3n) is 4.51. The van der Waals surface area contributed by atoms with Gasteiger partial charge in [0.2, 0.25) is 11.8 Å². The molecule has 1 fully saturated rings. The Morgan fingerprint density at radius 1 is 1.04 bits per heavy atom. The first-order valence-corrected chi connectivity index (χ1v) is 9.68. The molecular weight excluding hydrogens is 389 g/mol. The lowest BCUT2D eigenvalue weighted by Gasteiger charge is -2.09. The molecule has 3 rings (SSSR count). The summed E-state index contributed by atoms with van der Waals surface area (Å²) in [7, 11) is 0. The lowest BCUT2D eigenvalue weighted by Crippen LogP contribution is -2.43. The Hall–Kier alpha value is -2.48. The minimum Gasteiger partial charge on any atom is -0.273 e. The minimum atomic E-state index is -4.38. The maximum Gasteiger partial charge on any atom is 0.416 e. The van der Waals surface area contributed by atoms with Gasteiger partial charge in [0.1, 0.15) is 0 Å². The Balaban J connectivity index is 1.42. The van der Waals surface area contributed by atoms with Crippen LogP contribution < -0.4 is 10.9 Å². The molecule has 1 aliphatic rings. The molecule has 2 aromatic carbocycles. The van der Waals surface area contributed by atoms with E-state index in [-0.39, 0.29) is 29.4 Å². The molecule has 0 aliphatic heterocycles. The van der Waals surface area contributed by atoms with Crippen LogP contribution in [-0.4, -0.2) is 17.6 Å². The number of hydrogen-bond donors (Lipinski definition) is 2. The third kappa shape index (κ3) is 5.28. The van der Waals surface area contributed by atoms with Crippen LogP contribution in [0.3, 0.4) is 0 Å². The van der Waals surface area contributed by atoms with Gasteiger partial charge in [-0.05, 0) is 49.1 Å². The van der Waals surface area contributed by atoms with Crippen molar-refractivity contribution < 1.29 is 22.8 Å². The molecule has 1 aliphatic carbocycles. The van der Waals surface area contributed by atoms with Gasteiger partial charge in [-0.25, -0.2) is 0 Å². The van der Waals surface area contributed by atoms with E-state index in [9.17, 15) is 22.8 Å². The van der Waals surface area contributed by atoms with Crippen LogP contribution in [0.15, 0.2) is 53.4 Å². The Morgan fingerprint density at radius 2 is 1.68 bits per heavy atom. The lowest BCUT2D eigenvalue weighted by molar-refractivity contribution is -0.137. The molecule has 148 valence electrons. The molecule has 4 nitrogen and oxygen atoms in total. The topological polar surface area (TPSA) is 58.2 Å². The van der Waals surface area contributed by atoms with Crippen LogP contribution in [0.5, 0.6) is 0 Å². The largest absolute Gasteiger partial charge is 0.416 e. The monoisotopic (exact) mass is 408 g/mol. The average Bonchev–Trinajstić information content (AvgIpc) is 3.46. The quantitative estimate of drug-likeness (QED) is 0.580. The van der Waals surface area contributed by atoms with E-state index in [1.807, 2.05) is 31.2 Å². The standard InChI is InChI=1S/C20H19F3N2O2S/c1-12-2-8-15(9-3-12)28-11-18(26)24-25-19(27)17-10-16(17)13-4-6-14(7-5-13)20(21,22)23/h2-9,16-17H,10-11H2,1H3,(H,24,26)(H,25,27). The number of amides is 2. The summed E-state index contributed by atoms with van der Waals surface area (Å²) in [4.78, 5) is 24.9. The molecule has 8 heteroatoms. The Bertz CT molecular complexity index is 851. The first-order valence-electron chi connectivity index (χ1n) is 8.69. The summed E-state index contributed by atoms with van der Waals surface area (Å²) in [6.07, 6.45) is -3.83. The SMILES string of the molecule is Cc1ccc(SCC(=O)NNC(=O)C2CC2c2ccc(C(F)(F)F)cc2)cc1. The molecule has 1 saturated carbocycles. The van der Waals surface area contributed by atoms with Crippen LogP contribution in [-0.2, 0) is 15.8 Å². The van der Waals surface area contributed by atoms with Gasteiger partial charge in [0, 0.05) is 10.8 Å². The average molecular weight is 408 g/mol. The fourth-order valence-electron chi connectivity index (χ4n) is 2.82. The van der Waals surface area contributed by atoms with Gasteiger partial charge in [-0.3, -0.25) is 20.4 Å². The van der Waals surface area contributed by atoms with Crippen molar-refractivity contribution in [3.05, 3.63) is 65.2 Å². The van der Waals surface area contributed by atoms with E-state index in [0.717, 1.165) is 22.6 Å². The van der Waals surface area contributed by atoms with Gasteiger partial charge < -0.3 is 0 Å². The number of aryl methyl sites for hydroxylation is 1. The molecule has 0 saturated heterocycles. The second-order valence-corrected chi connectivity index (χ2v) is 7.76. The number of carbonyl (C=O) groups is 2. The summed E-state index contributed by atoms with van der Waals surface area (Å²) in [6, 6.07) is 12.6. The number of rotatable bonds is 5. The molecular formula is C20H19F3N2O2S. The zero-order valence-electron chi connectivity index (χ0n) is 15.0. The fraction of sp³-hybridized carbons (Fsp3) is 0.300. The van der Waals surface area contributed by atoms with Gasteiger partial charge in [0.25, 0.3) is 0 Å². The molecule has 0 heterocycles. The van der Waals surface area contributed by atoms with Crippen LogP contribution in [0.2, 0.25) is 0 Å². The smallest absolute Gasteiger partial charge is 0.273 e. The molecule has 0 bridgehead atoms. The molecule has 2 amide bonds. The lowest BCUT2D eigenvalue weighted by atomic mass is 10.1.